The molecule has 0 aromatic carbocycles. The molecule has 0 amide bonds. The highest BCUT2D eigenvalue weighted by Gasteiger charge is 2.43. The second-order valence-corrected chi connectivity index (χ2v) is 8.60. The molecule has 3 aliphatic rings. The standard InChI is InChI=1S/C22H34O4/c1-4-5-13-22(2,3)19(26-21-8-6-7-14-24-21)12-10-16-9-11-18-17(16)15-20(23)25-18/h10,12,16-21,23H,6-9,11,13-15H2,1-3H3/b12-10+/t16-,17-,18+,19-,20?,21?/m1/s1. The average Bonchev–Trinajstić information content (AvgIpc) is 3.17. The molecular formula is C22H34O4. The van der Waals surface area contributed by atoms with E-state index in [2.05, 4.69) is 37.8 Å². The number of aliphatic hydroxyl groups is 1. The first-order valence-electron chi connectivity index (χ1n) is 10.2. The van der Waals surface area contributed by atoms with Gasteiger partial charge in [-0.1, -0.05) is 26.0 Å². The van der Waals surface area contributed by atoms with E-state index in [-0.39, 0.29) is 23.9 Å². The van der Waals surface area contributed by atoms with Crippen LogP contribution < -0.4 is 0 Å². The van der Waals surface area contributed by atoms with Crippen molar-refractivity contribution in [3.63, 3.8) is 0 Å². The summed E-state index contributed by atoms with van der Waals surface area (Å²) < 4.78 is 17.8. The highest BCUT2D eigenvalue weighted by Crippen LogP contribution is 2.43. The average molecular weight is 363 g/mol. The van der Waals surface area contributed by atoms with Gasteiger partial charge >= 0.3 is 0 Å². The zero-order chi connectivity index (χ0) is 18.6. The molecule has 4 nitrogen and oxygen atoms in total. The smallest absolute Gasteiger partial charge is 0.158 e. The highest BCUT2D eigenvalue weighted by molar-refractivity contribution is 5.08. The van der Waals surface area contributed by atoms with Gasteiger partial charge in [-0.15, -0.1) is 11.8 Å². The summed E-state index contributed by atoms with van der Waals surface area (Å²) in [4.78, 5) is 0. The van der Waals surface area contributed by atoms with Crippen molar-refractivity contribution in [3.8, 4) is 11.8 Å². The lowest BCUT2D eigenvalue weighted by Gasteiger charge is -2.35. The summed E-state index contributed by atoms with van der Waals surface area (Å²) in [7, 11) is 0. The Morgan fingerprint density at radius 2 is 2.12 bits per heavy atom. The molecule has 2 saturated heterocycles. The normalized spacial score (nSPS) is 35.9. The number of hydrogen-bond acceptors (Lipinski definition) is 4. The van der Waals surface area contributed by atoms with E-state index in [9.17, 15) is 5.11 Å². The van der Waals surface area contributed by atoms with Crippen LogP contribution >= 0.6 is 0 Å². The fourth-order valence-corrected chi connectivity index (χ4v) is 4.42. The van der Waals surface area contributed by atoms with Crippen LogP contribution in [0, 0.1) is 29.1 Å². The monoisotopic (exact) mass is 362 g/mol. The molecule has 6 atom stereocenters. The van der Waals surface area contributed by atoms with E-state index in [1.165, 1.54) is 0 Å². The minimum Gasteiger partial charge on any atom is -0.368 e. The molecule has 2 heterocycles. The van der Waals surface area contributed by atoms with Crippen molar-refractivity contribution >= 4 is 0 Å². The highest BCUT2D eigenvalue weighted by atomic mass is 16.7. The number of allylic oxidation sites excluding steroid dienone is 1. The predicted molar refractivity (Wildman–Crippen MR) is 101 cm³/mol. The van der Waals surface area contributed by atoms with Crippen LogP contribution in [0.15, 0.2) is 12.2 Å². The molecule has 3 rings (SSSR count). The maximum atomic E-state index is 9.77. The summed E-state index contributed by atoms with van der Waals surface area (Å²) in [5.74, 6) is 7.13. The summed E-state index contributed by atoms with van der Waals surface area (Å²) in [6, 6.07) is 0. The van der Waals surface area contributed by atoms with Crippen molar-refractivity contribution in [1.29, 1.82) is 0 Å². The van der Waals surface area contributed by atoms with Gasteiger partial charge in [-0.05, 0) is 50.9 Å². The van der Waals surface area contributed by atoms with Gasteiger partial charge in [0.1, 0.15) is 0 Å². The van der Waals surface area contributed by atoms with Crippen LogP contribution in [0.2, 0.25) is 0 Å². The zero-order valence-corrected chi connectivity index (χ0v) is 16.4. The second-order valence-electron chi connectivity index (χ2n) is 8.60. The van der Waals surface area contributed by atoms with Gasteiger partial charge in [0.25, 0.3) is 0 Å². The maximum Gasteiger partial charge on any atom is 0.158 e. The maximum absolute atomic E-state index is 9.77. The Bertz CT molecular complexity index is 538. The second kappa shape index (κ2) is 8.89. The fourth-order valence-electron chi connectivity index (χ4n) is 4.42. The lowest BCUT2D eigenvalue weighted by molar-refractivity contribution is -0.196. The van der Waals surface area contributed by atoms with Gasteiger partial charge < -0.3 is 19.3 Å². The Hall–Kier alpha value is -0.860. The fraction of sp³-hybridized carbons (Fsp3) is 0.818. The van der Waals surface area contributed by atoms with Crippen LogP contribution in [0.1, 0.15) is 65.7 Å². The predicted octanol–water partition coefficient (Wildman–Crippen LogP) is 4.03. The van der Waals surface area contributed by atoms with Gasteiger partial charge in [0.15, 0.2) is 12.6 Å². The molecule has 0 spiro atoms. The third kappa shape index (κ3) is 4.89. The topological polar surface area (TPSA) is 47.9 Å². The summed E-state index contributed by atoms with van der Waals surface area (Å²) >= 11 is 0. The van der Waals surface area contributed by atoms with E-state index in [0.717, 1.165) is 51.6 Å². The van der Waals surface area contributed by atoms with E-state index in [1.807, 2.05) is 6.92 Å². The molecule has 2 aliphatic heterocycles. The van der Waals surface area contributed by atoms with Crippen molar-refractivity contribution < 1.29 is 19.3 Å². The Kier molecular flexibility index (Phi) is 6.80. The SMILES string of the molecule is CC#CCC(C)(C)[C@@H](/C=C/[C@H]1CC[C@@H]2OC(O)C[C@@H]21)OC1CCCCO1. The Balaban J connectivity index is 1.68. The van der Waals surface area contributed by atoms with Crippen molar-refractivity contribution in [2.75, 3.05) is 6.61 Å². The van der Waals surface area contributed by atoms with Crippen molar-refractivity contribution in [3.05, 3.63) is 12.2 Å². The van der Waals surface area contributed by atoms with E-state index in [4.69, 9.17) is 14.2 Å². The van der Waals surface area contributed by atoms with Crippen LogP contribution in [-0.2, 0) is 14.2 Å². The molecular weight excluding hydrogens is 328 g/mol. The first kappa shape index (κ1) is 19.9. The van der Waals surface area contributed by atoms with E-state index in [0.29, 0.717) is 11.8 Å². The zero-order valence-electron chi connectivity index (χ0n) is 16.4. The number of fused-ring (bicyclic) bond motifs is 1. The van der Waals surface area contributed by atoms with Crippen molar-refractivity contribution in [2.45, 2.75) is 90.5 Å². The third-order valence-corrected chi connectivity index (χ3v) is 6.08. The van der Waals surface area contributed by atoms with E-state index >= 15 is 0 Å². The molecule has 0 aromatic rings. The number of ether oxygens (including phenoxy) is 3. The van der Waals surface area contributed by atoms with Gasteiger partial charge in [-0.3, -0.25) is 0 Å². The van der Waals surface area contributed by atoms with Crippen molar-refractivity contribution in [2.24, 2.45) is 17.3 Å². The molecule has 0 radical (unpaired) electrons. The van der Waals surface area contributed by atoms with Crippen LogP contribution in [-0.4, -0.2) is 36.5 Å². The van der Waals surface area contributed by atoms with Gasteiger partial charge in [-0.2, -0.15) is 0 Å². The first-order valence-corrected chi connectivity index (χ1v) is 10.2. The molecule has 1 N–H and O–H groups in total. The van der Waals surface area contributed by atoms with Crippen LogP contribution in [0.5, 0.6) is 0 Å². The summed E-state index contributed by atoms with van der Waals surface area (Å²) in [5.41, 5.74) is -0.0794. The lowest BCUT2D eigenvalue weighted by Crippen LogP contribution is -2.36. The van der Waals surface area contributed by atoms with Crippen molar-refractivity contribution in [1.82, 2.24) is 0 Å². The quantitative estimate of drug-likeness (QED) is 0.572. The summed E-state index contributed by atoms with van der Waals surface area (Å²) in [6.45, 7) is 7.11. The number of aliphatic hydroxyl groups excluding tert-OH is 1. The molecule has 2 unspecified atom stereocenters. The summed E-state index contributed by atoms with van der Waals surface area (Å²) in [6.07, 6.45) is 11.0. The van der Waals surface area contributed by atoms with Crippen LogP contribution in [0.25, 0.3) is 0 Å². The summed E-state index contributed by atoms with van der Waals surface area (Å²) in [5, 5.41) is 9.77. The lowest BCUT2D eigenvalue weighted by atomic mass is 9.82. The van der Waals surface area contributed by atoms with Gasteiger partial charge in [0.2, 0.25) is 0 Å². The minimum atomic E-state index is -0.583. The van der Waals surface area contributed by atoms with Crippen LogP contribution in [0.3, 0.4) is 0 Å². The van der Waals surface area contributed by atoms with Gasteiger partial charge in [0, 0.05) is 24.9 Å². The number of rotatable bonds is 6. The Labute approximate surface area is 158 Å². The number of hydrogen-bond donors (Lipinski definition) is 1. The molecule has 4 heteroatoms. The molecule has 0 aromatic heterocycles. The third-order valence-electron chi connectivity index (χ3n) is 6.08. The largest absolute Gasteiger partial charge is 0.368 e. The minimum absolute atomic E-state index is 0.0299. The molecule has 1 saturated carbocycles. The van der Waals surface area contributed by atoms with Gasteiger partial charge in [-0.25, -0.2) is 0 Å². The molecule has 3 fully saturated rings. The molecule has 0 bridgehead atoms. The Morgan fingerprint density at radius 3 is 2.85 bits per heavy atom. The molecule has 146 valence electrons. The van der Waals surface area contributed by atoms with Gasteiger partial charge in [0.05, 0.1) is 12.2 Å². The Morgan fingerprint density at radius 1 is 1.27 bits per heavy atom. The van der Waals surface area contributed by atoms with E-state index in [1.54, 1.807) is 0 Å². The van der Waals surface area contributed by atoms with Crippen LogP contribution in [0.4, 0.5) is 0 Å². The first-order chi connectivity index (χ1) is 12.5. The molecule has 26 heavy (non-hydrogen) atoms. The molecule has 1 aliphatic carbocycles. The van der Waals surface area contributed by atoms with E-state index < -0.39 is 6.29 Å².